The van der Waals surface area contributed by atoms with Crippen molar-refractivity contribution in [3.63, 3.8) is 0 Å². The quantitative estimate of drug-likeness (QED) is 0.657. The molecule has 1 aromatic heterocycles. The fourth-order valence-corrected chi connectivity index (χ4v) is 2.20. The first-order chi connectivity index (χ1) is 8.72. The van der Waals surface area contributed by atoms with Crippen molar-refractivity contribution in [1.29, 1.82) is 0 Å². The van der Waals surface area contributed by atoms with E-state index in [1.807, 2.05) is 0 Å². The summed E-state index contributed by atoms with van der Waals surface area (Å²) in [5.41, 5.74) is 0. The van der Waals surface area contributed by atoms with E-state index in [4.69, 9.17) is 9.47 Å². The Bertz CT molecular complexity index is 318. The third-order valence-corrected chi connectivity index (χ3v) is 3.24. The van der Waals surface area contributed by atoms with Gasteiger partial charge in [-0.25, -0.2) is 0 Å². The summed E-state index contributed by atoms with van der Waals surface area (Å²) in [5.74, 6) is 0. The van der Waals surface area contributed by atoms with Gasteiger partial charge in [-0.05, 0) is 13.0 Å². The second-order valence-corrected chi connectivity index (χ2v) is 5.49. The number of methoxy groups -OCH3 is 1. The van der Waals surface area contributed by atoms with Crippen molar-refractivity contribution in [2.45, 2.75) is 39.3 Å². The van der Waals surface area contributed by atoms with Gasteiger partial charge < -0.3 is 14.8 Å². The minimum atomic E-state index is 0.533. The van der Waals surface area contributed by atoms with E-state index in [9.17, 15) is 0 Å². The topological polar surface area (TPSA) is 56.3 Å². The van der Waals surface area contributed by atoms with Crippen LogP contribution in [0.2, 0.25) is 0 Å². The van der Waals surface area contributed by atoms with Crippen LogP contribution in [0.25, 0.3) is 0 Å². The Morgan fingerprint density at radius 2 is 2.00 bits per heavy atom. The first-order valence-corrected chi connectivity index (χ1v) is 7.15. The fourth-order valence-electron chi connectivity index (χ4n) is 1.38. The number of nitrogens with one attached hydrogen (secondary N) is 1. The highest BCUT2D eigenvalue weighted by atomic mass is 32.1. The lowest BCUT2D eigenvalue weighted by molar-refractivity contribution is 0.0613. The SMILES string of the molecule is COCCOCc1nnc(CCCNC(C)C)s1. The predicted molar refractivity (Wildman–Crippen MR) is 72.9 cm³/mol. The molecule has 0 aromatic carbocycles. The first-order valence-electron chi connectivity index (χ1n) is 6.33. The van der Waals surface area contributed by atoms with Crippen LogP contribution in [0, 0.1) is 0 Å². The average molecular weight is 273 g/mol. The molecule has 1 rings (SSSR count). The normalized spacial score (nSPS) is 11.3. The van der Waals surface area contributed by atoms with Gasteiger partial charge in [-0.3, -0.25) is 0 Å². The van der Waals surface area contributed by atoms with Gasteiger partial charge in [0.1, 0.15) is 16.6 Å². The standard InChI is InChI=1S/C12H23N3O2S/c1-10(2)13-6-4-5-11-14-15-12(18-11)9-17-8-7-16-3/h10,13H,4-9H2,1-3H3. The molecule has 0 saturated heterocycles. The molecule has 0 aliphatic carbocycles. The van der Waals surface area contributed by atoms with Gasteiger partial charge in [0.05, 0.1) is 13.2 Å². The van der Waals surface area contributed by atoms with E-state index in [1.54, 1.807) is 18.4 Å². The molecule has 1 N–H and O–H groups in total. The Balaban J connectivity index is 2.13. The second kappa shape index (κ2) is 9.38. The number of hydrogen-bond donors (Lipinski definition) is 1. The Morgan fingerprint density at radius 1 is 1.22 bits per heavy atom. The van der Waals surface area contributed by atoms with Gasteiger partial charge in [-0.2, -0.15) is 0 Å². The lowest BCUT2D eigenvalue weighted by Gasteiger charge is -2.05. The molecule has 0 radical (unpaired) electrons. The molecule has 0 aliphatic rings. The van der Waals surface area contributed by atoms with E-state index in [2.05, 4.69) is 29.4 Å². The summed E-state index contributed by atoms with van der Waals surface area (Å²) in [7, 11) is 1.66. The molecule has 0 saturated carbocycles. The summed E-state index contributed by atoms with van der Waals surface area (Å²) in [6, 6.07) is 0.546. The van der Waals surface area contributed by atoms with Crippen LogP contribution in [0.4, 0.5) is 0 Å². The minimum absolute atomic E-state index is 0.533. The van der Waals surface area contributed by atoms with Gasteiger partial charge in [0.2, 0.25) is 0 Å². The minimum Gasteiger partial charge on any atom is -0.382 e. The maximum absolute atomic E-state index is 5.40. The smallest absolute Gasteiger partial charge is 0.143 e. The van der Waals surface area contributed by atoms with E-state index in [0.29, 0.717) is 25.9 Å². The molecular weight excluding hydrogens is 250 g/mol. The average Bonchev–Trinajstić information content (AvgIpc) is 2.78. The highest BCUT2D eigenvalue weighted by molar-refractivity contribution is 7.11. The Labute approximate surface area is 113 Å². The Morgan fingerprint density at radius 3 is 2.72 bits per heavy atom. The van der Waals surface area contributed by atoms with Crippen molar-refractivity contribution in [3.8, 4) is 0 Å². The molecule has 0 spiro atoms. The summed E-state index contributed by atoms with van der Waals surface area (Å²) >= 11 is 1.63. The summed E-state index contributed by atoms with van der Waals surface area (Å²) < 4.78 is 10.3. The zero-order valence-corrected chi connectivity index (χ0v) is 12.3. The van der Waals surface area contributed by atoms with Crippen LogP contribution in [-0.4, -0.2) is 43.1 Å². The number of hydrogen-bond acceptors (Lipinski definition) is 6. The van der Waals surface area contributed by atoms with Gasteiger partial charge in [-0.1, -0.05) is 25.2 Å². The largest absolute Gasteiger partial charge is 0.382 e. The van der Waals surface area contributed by atoms with Crippen molar-refractivity contribution < 1.29 is 9.47 Å². The van der Waals surface area contributed by atoms with Gasteiger partial charge in [0.25, 0.3) is 0 Å². The zero-order chi connectivity index (χ0) is 13.2. The Kier molecular flexibility index (Phi) is 8.08. The maximum Gasteiger partial charge on any atom is 0.143 e. The van der Waals surface area contributed by atoms with Crippen molar-refractivity contribution >= 4 is 11.3 Å². The van der Waals surface area contributed by atoms with Crippen LogP contribution in [0.1, 0.15) is 30.3 Å². The van der Waals surface area contributed by atoms with Crippen molar-refractivity contribution in [3.05, 3.63) is 10.0 Å². The summed E-state index contributed by atoms with van der Waals surface area (Å²) in [5, 5.41) is 13.7. The molecule has 1 aromatic rings. The summed E-state index contributed by atoms with van der Waals surface area (Å²) in [6.45, 7) is 7.08. The molecule has 0 amide bonds. The monoisotopic (exact) mass is 273 g/mol. The van der Waals surface area contributed by atoms with Crippen LogP contribution in [0.15, 0.2) is 0 Å². The van der Waals surface area contributed by atoms with Crippen molar-refractivity contribution in [1.82, 2.24) is 15.5 Å². The lowest BCUT2D eigenvalue weighted by atomic mass is 10.3. The molecule has 0 atom stereocenters. The third-order valence-electron chi connectivity index (χ3n) is 2.29. The lowest BCUT2D eigenvalue weighted by Crippen LogP contribution is -2.23. The van der Waals surface area contributed by atoms with E-state index in [1.165, 1.54) is 0 Å². The first kappa shape index (κ1) is 15.5. The number of aromatic nitrogens is 2. The van der Waals surface area contributed by atoms with E-state index in [-0.39, 0.29) is 0 Å². The molecule has 5 nitrogen and oxygen atoms in total. The van der Waals surface area contributed by atoms with E-state index in [0.717, 1.165) is 29.4 Å². The molecule has 104 valence electrons. The maximum atomic E-state index is 5.40. The molecule has 18 heavy (non-hydrogen) atoms. The van der Waals surface area contributed by atoms with Crippen LogP contribution >= 0.6 is 11.3 Å². The van der Waals surface area contributed by atoms with Crippen LogP contribution in [0.5, 0.6) is 0 Å². The van der Waals surface area contributed by atoms with E-state index < -0.39 is 0 Å². The van der Waals surface area contributed by atoms with Crippen LogP contribution in [0.3, 0.4) is 0 Å². The zero-order valence-electron chi connectivity index (χ0n) is 11.4. The highest BCUT2D eigenvalue weighted by Crippen LogP contribution is 2.12. The van der Waals surface area contributed by atoms with Gasteiger partial charge in [0.15, 0.2) is 0 Å². The second-order valence-electron chi connectivity index (χ2n) is 4.35. The number of ether oxygens (including phenoxy) is 2. The molecule has 0 fully saturated rings. The highest BCUT2D eigenvalue weighted by Gasteiger charge is 2.04. The molecule has 6 heteroatoms. The predicted octanol–water partition coefficient (Wildman–Crippen LogP) is 1.63. The van der Waals surface area contributed by atoms with Crippen molar-refractivity contribution in [2.24, 2.45) is 0 Å². The summed E-state index contributed by atoms with van der Waals surface area (Å²) in [4.78, 5) is 0. The summed E-state index contributed by atoms with van der Waals surface area (Å²) in [6.07, 6.45) is 2.08. The van der Waals surface area contributed by atoms with Crippen molar-refractivity contribution in [2.75, 3.05) is 26.9 Å². The molecule has 0 aliphatic heterocycles. The van der Waals surface area contributed by atoms with Gasteiger partial charge >= 0.3 is 0 Å². The van der Waals surface area contributed by atoms with E-state index >= 15 is 0 Å². The Hall–Kier alpha value is -0.560. The number of rotatable bonds is 10. The third kappa shape index (κ3) is 7.00. The molecular formula is C12H23N3O2S. The van der Waals surface area contributed by atoms with Crippen LogP contribution in [-0.2, 0) is 22.5 Å². The molecule has 0 bridgehead atoms. The molecule has 1 heterocycles. The van der Waals surface area contributed by atoms with Gasteiger partial charge in [-0.15, -0.1) is 10.2 Å². The fraction of sp³-hybridized carbons (Fsp3) is 0.833. The molecule has 0 unspecified atom stereocenters. The van der Waals surface area contributed by atoms with Crippen LogP contribution < -0.4 is 5.32 Å². The number of aryl methyl sites for hydroxylation is 1. The van der Waals surface area contributed by atoms with Gasteiger partial charge in [0, 0.05) is 19.6 Å². The number of nitrogens with zero attached hydrogens (tertiary/aromatic N) is 2.